The Hall–Kier alpha value is -1.22. The second-order valence-corrected chi connectivity index (χ2v) is 3.78. The van der Waals surface area contributed by atoms with Gasteiger partial charge >= 0.3 is 0 Å². The molecule has 15 heavy (non-hydrogen) atoms. The van der Waals surface area contributed by atoms with Gasteiger partial charge in [0.25, 0.3) is 0 Å². The molecule has 0 heterocycles. The van der Waals surface area contributed by atoms with E-state index in [1.165, 1.54) is 6.07 Å². The van der Waals surface area contributed by atoms with Gasteiger partial charge in [-0.2, -0.15) is 0 Å². The van der Waals surface area contributed by atoms with Gasteiger partial charge in [-0.3, -0.25) is 4.79 Å². The fourth-order valence-electron chi connectivity index (χ4n) is 1.35. The molecule has 1 unspecified atom stereocenters. The van der Waals surface area contributed by atoms with Crippen LogP contribution in [0.1, 0.15) is 35.7 Å². The predicted octanol–water partition coefficient (Wildman–Crippen LogP) is 2.44. The zero-order valence-electron chi connectivity index (χ0n) is 9.09. The molecule has 3 heteroatoms. The summed E-state index contributed by atoms with van der Waals surface area (Å²) in [6, 6.07) is 4.35. The van der Waals surface area contributed by atoms with Crippen LogP contribution in [0.2, 0.25) is 0 Å². The summed E-state index contributed by atoms with van der Waals surface area (Å²) in [6.07, 6.45) is 0.927. The lowest BCUT2D eigenvalue weighted by molar-refractivity contribution is 0.0970. The van der Waals surface area contributed by atoms with E-state index in [2.05, 4.69) is 0 Å². The van der Waals surface area contributed by atoms with Gasteiger partial charge in [0.2, 0.25) is 0 Å². The molecule has 0 aliphatic carbocycles. The van der Waals surface area contributed by atoms with Gasteiger partial charge in [-0.25, -0.2) is 4.39 Å². The van der Waals surface area contributed by atoms with Crippen molar-refractivity contribution in [2.75, 3.05) is 0 Å². The van der Waals surface area contributed by atoms with Crippen molar-refractivity contribution in [3.63, 3.8) is 0 Å². The summed E-state index contributed by atoms with van der Waals surface area (Å²) < 4.78 is 13.3. The molecule has 2 N–H and O–H groups in total. The summed E-state index contributed by atoms with van der Waals surface area (Å²) in [4.78, 5) is 11.7. The number of hydrogen-bond donors (Lipinski definition) is 1. The number of ketones is 1. The topological polar surface area (TPSA) is 43.1 Å². The van der Waals surface area contributed by atoms with Crippen molar-refractivity contribution in [1.29, 1.82) is 0 Å². The second-order valence-electron chi connectivity index (χ2n) is 3.78. The number of Topliss-reactive ketones (excluding diaryl/α,β-unsaturated/α-hetero) is 1. The van der Waals surface area contributed by atoms with Crippen molar-refractivity contribution < 1.29 is 9.18 Å². The molecule has 0 bridgehead atoms. The minimum absolute atomic E-state index is 0.152. The summed E-state index contributed by atoms with van der Waals surface area (Å²) in [5.74, 6) is -0.681. The molecule has 0 saturated heterocycles. The third-order valence-corrected chi connectivity index (χ3v) is 2.39. The molecule has 1 aromatic rings. The summed E-state index contributed by atoms with van der Waals surface area (Å²) in [7, 11) is 0. The van der Waals surface area contributed by atoms with Crippen molar-refractivity contribution in [2.45, 2.75) is 32.7 Å². The number of halogens is 1. The SMILES string of the molecule is CCC(N)CC(=O)c1cc(C)ccc1F. The lowest BCUT2D eigenvalue weighted by Gasteiger charge is -2.08. The quantitative estimate of drug-likeness (QED) is 0.774. The molecule has 0 saturated carbocycles. The number of rotatable bonds is 4. The van der Waals surface area contributed by atoms with Crippen LogP contribution >= 0.6 is 0 Å². The first-order valence-electron chi connectivity index (χ1n) is 5.09. The smallest absolute Gasteiger partial charge is 0.167 e. The van der Waals surface area contributed by atoms with Crippen LogP contribution in [0, 0.1) is 12.7 Å². The highest BCUT2D eigenvalue weighted by Crippen LogP contribution is 2.13. The van der Waals surface area contributed by atoms with Gasteiger partial charge in [-0.1, -0.05) is 18.6 Å². The number of hydrogen-bond acceptors (Lipinski definition) is 2. The molecule has 0 spiro atoms. The lowest BCUT2D eigenvalue weighted by atomic mass is 10.0. The average Bonchev–Trinajstić information content (AvgIpc) is 2.21. The second kappa shape index (κ2) is 5.03. The highest BCUT2D eigenvalue weighted by Gasteiger charge is 2.14. The Bertz CT molecular complexity index is 363. The van der Waals surface area contributed by atoms with Gasteiger partial charge in [0, 0.05) is 12.5 Å². The molecule has 0 amide bonds. The maximum atomic E-state index is 13.3. The van der Waals surface area contributed by atoms with Crippen LogP contribution in [-0.2, 0) is 0 Å². The number of carbonyl (C=O) groups is 1. The Labute approximate surface area is 89.3 Å². The van der Waals surface area contributed by atoms with Crippen molar-refractivity contribution in [1.82, 2.24) is 0 Å². The molecule has 0 aliphatic rings. The zero-order chi connectivity index (χ0) is 11.4. The Morgan fingerprint density at radius 3 is 2.80 bits per heavy atom. The fourth-order valence-corrected chi connectivity index (χ4v) is 1.35. The van der Waals surface area contributed by atoms with Crippen LogP contribution < -0.4 is 5.73 Å². The van der Waals surface area contributed by atoms with Gasteiger partial charge < -0.3 is 5.73 Å². The normalized spacial score (nSPS) is 12.5. The number of carbonyl (C=O) groups excluding carboxylic acids is 1. The molecule has 2 nitrogen and oxygen atoms in total. The van der Waals surface area contributed by atoms with Crippen molar-refractivity contribution >= 4 is 5.78 Å². The standard InChI is InChI=1S/C12H16FNO/c1-3-9(14)7-12(15)10-6-8(2)4-5-11(10)13/h4-6,9H,3,7,14H2,1-2H3. The molecule has 1 aromatic carbocycles. The van der Waals surface area contributed by atoms with Gasteiger partial charge in [-0.05, 0) is 25.5 Å². The Morgan fingerprint density at radius 1 is 1.53 bits per heavy atom. The third kappa shape index (κ3) is 3.13. The average molecular weight is 209 g/mol. The third-order valence-electron chi connectivity index (χ3n) is 2.39. The summed E-state index contributed by atoms with van der Waals surface area (Å²) in [5.41, 5.74) is 6.69. The molecular weight excluding hydrogens is 193 g/mol. The Morgan fingerprint density at radius 2 is 2.20 bits per heavy atom. The molecule has 0 aromatic heterocycles. The van der Waals surface area contributed by atoms with Crippen LogP contribution in [-0.4, -0.2) is 11.8 Å². The van der Waals surface area contributed by atoms with Crippen LogP contribution in [0.5, 0.6) is 0 Å². The van der Waals surface area contributed by atoms with E-state index >= 15 is 0 Å². The number of nitrogens with two attached hydrogens (primary N) is 1. The number of benzene rings is 1. The predicted molar refractivity (Wildman–Crippen MR) is 58.4 cm³/mol. The van der Waals surface area contributed by atoms with Crippen molar-refractivity contribution in [3.05, 3.63) is 35.1 Å². The van der Waals surface area contributed by atoms with E-state index in [1.54, 1.807) is 12.1 Å². The Balaban J connectivity index is 2.86. The first kappa shape index (κ1) is 11.9. The van der Waals surface area contributed by atoms with E-state index in [9.17, 15) is 9.18 Å². The van der Waals surface area contributed by atoms with Crippen LogP contribution in [0.25, 0.3) is 0 Å². The Kier molecular flexibility index (Phi) is 3.97. The van der Waals surface area contributed by atoms with E-state index in [4.69, 9.17) is 5.73 Å². The monoisotopic (exact) mass is 209 g/mol. The minimum atomic E-state index is -0.464. The molecule has 1 rings (SSSR count). The van der Waals surface area contributed by atoms with Gasteiger partial charge in [-0.15, -0.1) is 0 Å². The molecule has 1 atom stereocenters. The lowest BCUT2D eigenvalue weighted by Crippen LogP contribution is -2.23. The minimum Gasteiger partial charge on any atom is -0.327 e. The van der Waals surface area contributed by atoms with Gasteiger partial charge in [0.15, 0.2) is 5.78 Å². The summed E-state index contributed by atoms with van der Waals surface area (Å²) >= 11 is 0. The van der Waals surface area contributed by atoms with Crippen LogP contribution in [0.4, 0.5) is 4.39 Å². The highest BCUT2D eigenvalue weighted by molar-refractivity contribution is 5.96. The van der Waals surface area contributed by atoms with Crippen molar-refractivity contribution in [2.24, 2.45) is 5.73 Å². The first-order chi connectivity index (χ1) is 7.04. The first-order valence-corrected chi connectivity index (χ1v) is 5.09. The van der Waals surface area contributed by atoms with E-state index in [1.807, 2.05) is 13.8 Å². The van der Waals surface area contributed by atoms with E-state index < -0.39 is 5.82 Å². The van der Waals surface area contributed by atoms with E-state index in [0.29, 0.717) is 0 Å². The zero-order valence-corrected chi connectivity index (χ0v) is 9.09. The number of aryl methyl sites for hydroxylation is 1. The van der Waals surface area contributed by atoms with Crippen molar-refractivity contribution in [3.8, 4) is 0 Å². The summed E-state index contributed by atoms with van der Waals surface area (Å²) in [5, 5.41) is 0. The molecule has 0 aliphatic heterocycles. The van der Waals surface area contributed by atoms with E-state index in [0.717, 1.165) is 12.0 Å². The van der Waals surface area contributed by atoms with E-state index in [-0.39, 0.29) is 23.8 Å². The molecule has 0 radical (unpaired) electrons. The van der Waals surface area contributed by atoms with Crippen LogP contribution in [0.15, 0.2) is 18.2 Å². The maximum Gasteiger partial charge on any atom is 0.167 e. The molecule has 82 valence electrons. The maximum absolute atomic E-state index is 13.3. The van der Waals surface area contributed by atoms with Gasteiger partial charge in [0.1, 0.15) is 5.82 Å². The van der Waals surface area contributed by atoms with Crippen LogP contribution in [0.3, 0.4) is 0 Å². The molecular formula is C12H16FNO. The highest BCUT2D eigenvalue weighted by atomic mass is 19.1. The van der Waals surface area contributed by atoms with Gasteiger partial charge in [0.05, 0.1) is 5.56 Å². The molecule has 0 fully saturated rings. The summed E-state index contributed by atoms with van der Waals surface area (Å²) in [6.45, 7) is 3.74. The largest absolute Gasteiger partial charge is 0.327 e. The fraction of sp³-hybridized carbons (Fsp3) is 0.417.